The molecular weight excluding hydrogens is 587 g/mol. The standard InChI is InChI=1S/C17H10N.C12H22O2.Ir/c1-4-8-15-12(5-1)9-10-16-14-7-3-2-6-13(14)11-18-17(15)16;1-11(2,3)9(13)8-10(14-7)12(4,5)6;/h1-7,9-11H;8H,1-7H3;/q-1;;/p+1/b;10-8-;. The maximum absolute atomic E-state index is 9.81. The second kappa shape index (κ2) is 10.6. The molecule has 0 aliphatic carbocycles. The van der Waals surface area contributed by atoms with Crippen LogP contribution in [0.25, 0.3) is 32.4 Å². The second-order valence-electron chi connectivity index (χ2n) is 10.0. The van der Waals surface area contributed by atoms with Crippen molar-refractivity contribution in [3.8, 4) is 0 Å². The first-order valence-corrected chi connectivity index (χ1v) is 10.9. The molecule has 0 saturated heterocycles. The summed E-state index contributed by atoms with van der Waals surface area (Å²) in [5.74, 6) is 1.15. The predicted octanol–water partition coefficient (Wildman–Crippen LogP) is 7.49. The first-order valence-electron chi connectivity index (χ1n) is 10.9. The first kappa shape index (κ1) is 26.7. The zero-order valence-electron chi connectivity index (χ0n) is 20.5. The summed E-state index contributed by atoms with van der Waals surface area (Å²) in [5.41, 5.74) is 0.732. The Labute approximate surface area is 210 Å². The van der Waals surface area contributed by atoms with Crippen molar-refractivity contribution in [2.24, 2.45) is 10.8 Å². The fourth-order valence-corrected chi connectivity index (χ4v) is 3.44. The van der Waals surface area contributed by atoms with Crippen LogP contribution in [0.5, 0.6) is 0 Å². The summed E-state index contributed by atoms with van der Waals surface area (Å²) in [6, 6.07) is 22.0. The molecule has 0 spiro atoms. The minimum absolute atomic E-state index is 0. The number of rotatable bonds is 2. The number of ketones is 1. The summed E-state index contributed by atoms with van der Waals surface area (Å²) in [5, 5.41) is 5.92. The molecule has 4 heteroatoms. The Morgan fingerprint density at radius 2 is 1.55 bits per heavy atom. The molecule has 0 atom stereocenters. The third-order valence-electron chi connectivity index (χ3n) is 5.39. The van der Waals surface area contributed by atoms with Crippen molar-refractivity contribution in [3.05, 3.63) is 78.7 Å². The quantitative estimate of drug-likeness (QED) is 0.0767. The molecule has 1 aromatic heterocycles. The van der Waals surface area contributed by atoms with Gasteiger partial charge in [0.1, 0.15) is 5.76 Å². The zero-order valence-corrected chi connectivity index (χ0v) is 22.9. The van der Waals surface area contributed by atoms with E-state index in [2.05, 4.69) is 68.2 Å². The van der Waals surface area contributed by atoms with Gasteiger partial charge in [-0.2, -0.15) is 0 Å². The molecule has 0 saturated carbocycles. The fourth-order valence-electron chi connectivity index (χ4n) is 3.44. The molecule has 1 heterocycles. The number of methoxy groups -OCH3 is 1. The maximum atomic E-state index is 9.81. The summed E-state index contributed by atoms with van der Waals surface area (Å²) in [7, 11) is 1.63. The van der Waals surface area contributed by atoms with Crippen LogP contribution in [0.4, 0.5) is 0 Å². The Morgan fingerprint density at radius 1 is 0.879 bits per heavy atom. The Morgan fingerprint density at radius 3 is 2.18 bits per heavy atom. The van der Waals surface area contributed by atoms with Gasteiger partial charge in [0.2, 0.25) is 0 Å². The van der Waals surface area contributed by atoms with E-state index in [0.29, 0.717) is 5.78 Å². The molecule has 0 bridgehead atoms. The molecule has 0 aliphatic heterocycles. The van der Waals surface area contributed by atoms with Crippen molar-refractivity contribution in [1.29, 1.82) is 0 Å². The number of allylic oxidation sites excluding steroid dienone is 2. The summed E-state index contributed by atoms with van der Waals surface area (Å²) in [6.07, 6.45) is 3.66. The van der Waals surface area contributed by atoms with Crippen LogP contribution >= 0.6 is 0 Å². The molecule has 4 aromatic rings. The summed E-state index contributed by atoms with van der Waals surface area (Å²) < 4.78 is 5.26. The van der Waals surface area contributed by atoms with Crippen LogP contribution in [0, 0.1) is 16.9 Å². The number of nitrogens with zero attached hydrogens (tertiary/aromatic N) is 1. The molecular formula is C29H33IrNO2. The van der Waals surface area contributed by atoms with E-state index in [-0.39, 0.29) is 30.9 Å². The summed E-state index contributed by atoms with van der Waals surface area (Å²) in [6.45, 7) is 12.1. The van der Waals surface area contributed by atoms with Gasteiger partial charge in [-0.15, -0.1) is 35.0 Å². The molecule has 0 unspecified atom stereocenters. The minimum Gasteiger partial charge on any atom is -0.500 e. The van der Waals surface area contributed by atoms with Gasteiger partial charge in [0, 0.05) is 31.7 Å². The van der Waals surface area contributed by atoms with E-state index in [9.17, 15) is 4.79 Å². The molecule has 0 aliphatic rings. The molecule has 1 radical (unpaired) electrons. The van der Waals surface area contributed by atoms with Gasteiger partial charge >= 0.3 is 5.78 Å². The summed E-state index contributed by atoms with van der Waals surface area (Å²) >= 11 is 0. The zero-order chi connectivity index (χ0) is 23.5. The van der Waals surface area contributed by atoms with Crippen molar-refractivity contribution < 1.29 is 29.6 Å². The van der Waals surface area contributed by atoms with Gasteiger partial charge in [-0.1, -0.05) is 57.2 Å². The Kier molecular flexibility index (Phi) is 8.57. The van der Waals surface area contributed by atoms with Gasteiger partial charge in [0.25, 0.3) is 0 Å². The largest absolute Gasteiger partial charge is 0.500 e. The van der Waals surface area contributed by atoms with Crippen LogP contribution in [0.1, 0.15) is 41.5 Å². The van der Waals surface area contributed by atoms with E-state index >= 15 is 0 Å². The van der Waals surface area contributed by atoms with Gasteiger partial charge in [-0.05, 0) is 42.4 Å². The first-order chi connectivity index (χ1) is 15.0. The van der Waals surface area contributed by atoms with Crippen LogP contribution < -0.4 is 0 Å². The molecule has 3 aromatic carbocycles. The molecule has 3 nitrogen and oxygen atoms in total. The van der Waals surface area contributed by atoms with Crippen LogP contribution in [0.3, 0.4) is 0 Å². The number of fused-ring (bicyclic) bond motifs is 5. The second-order valence-corrected chi connectivity index (χ2v) is 10.0. The average Bonchev–Trinajstić information content (AvgIpc) is 2.75. The van der Waals surface area contributed by atoms with Crippen LogP contribution in [0.15, 0.2) is 72.6 Å². The predicted molar refractivity (Wildman–Crippen MR) is 137 cm³/mol. The number of benzene rings is 3. The van der Waals surface area contributed by atoms with Crippen molar-refractivity contribution in [1.82, 2.24) is 4.98 Å². The summed E-state index contributed by atoms with van der Waals surface area (Å²) in [4.78, 5) is 14.4. The van der Waals surface area contributed by atoms with E-state index in [0.717, 1.165) is 16.7 Å². The number of carbonyl (C=O) groups excluding carboxylic acids is 1. The van der Waals surface area contributed by atoms with E-state index in [1.807, 2.05) is 45.2 Å². The van der Waals surface area contributed by atoms with Gasteiger partial charge in [-0.3, -0.25) is 4.79 Å². The monoisotopic (exact) mass is 620 g/mol. The van der Waals surface area contributed by atoms with Crippen LogP contribution in [-0.4, -0.2) is 22.7 Å². The van der Waals surface area contributed by atoms with Crippen molar-refractivity contribution in [2.75, 3.05) is 7.11 Å². The van der Waals surface area contributed by atoms with Gasteiger partial charge in [-0.25, -0.2) is 0 Å². The van der Waals surface area contributed by atoms with Crippen molar-refractivity contribution >= 4 is 38.2 Å². The maximum Gasteiger partial charge on any atom is 0.325 e. The van der Waals surface area contributed by atoms with Gasteiger partial charge in [0.15, 0.2) is 0 Å². The number of hydrogen-bond acceptors (Lipinski definition) is 2. The van der Waals surface area contributed by atoms with E-state index in [4.69, 9.17) is 4.74 Å². The van der Waals surface area contributed by atoms with E-state index in [1.165, 1.54) is 21.5 Å². The third-order valence-corrected chi connectivity index (χ3v) is 5.39. The number of pyridine rings is 1. The molecule has 4 rings (SSSR count). The van der Waals surface area contributed by atoms with Gasteiger partial charge in [0.05, 0.1) is 18.6 Å². The van der Waals surface area contributed by atoms with Crippen LogP contribution in [0.2, 0.25) is 0 Å². The molecule has 0 amide bonds. The van der Waals surface area contributed by atoms with Crippen molar-refractivity contribution in [2.45, 2.75) is 41.5 Å². The minimum atomic E-state index is -0.227. The fraction of sp³-hybridized carbons (Fsp3) is 0.310. The molecule has 175 valence electrons. The van der Waals surface area contributed by atoms with E-state index in [1.54, 1.807) is 13.2 Å². The van der Waals surface area contributed by atoms with Crippen LogP contribution in [-0.2, 0) is 24.8 Å². The normalized spacial score (nSPS) is 12.2. The smallest absolute Gasteiger partial charge is 0.325 e. The molecule has 33 heavy (non-hydrogen) atoms. The average molecular weight is 620 g/mol. The Hall–Kier alpha value is -2.55. The number of ether oxygens (including phenoxy) is 1. The van der Waals surface area contributed by atoms with Crippen molar-refractivity contribution in [3.63, 3.8) is 0 Å². The van der Waals surface area contributed by atoms with Gasteiger partial charge < -0.3 is 9.72 Å². The Bertz CT molecular complexity index is 1220. The molecule has 0 fully saturated rings. The SMILES string of the molecule is CO/C(=C\C(=[OH+])C(C)(C)C)C(C)(C)C.[Ir].[c-]1cccc2ccc3c4ccccc4cnc3c12. The van der Waals surface area contributed by atoms with E-state index < -0.39 is 0 Å². The topological polar surface area (TPSA) is 43.5 Å². The Balaban J connectivity index is 0.000000236. The number of aromatic nitrogens is 1. The third kappa shape index (κ3) is 6.28. The number of hydrogen-bond donors (Lipinski definition) is 0. The molecule has 1 N–H and O–H groups in total.